The van der Waals surface area contributed by atoms with E-state index in [-0.39, 0.29) is 11.7 Å². The van der Waals surface area contributed by atoms with Gasteiger partial charge < -0.3 is 9.84 Å². The van der Waals surface area contributed by atoms with E-state index in [0.29, 0.717) is 11.6 Å². The van der Waals surface area contributed by atoms with Gasteiger partial charge in [-0.3, -0.25) is 4.79 Å². The molecule has 3 aromatic rings. The summed E-state index contributed by atoms with van der Waals surface area (Å²) in [5.41, 5.74) is 2.49. The predicted molar refractivity (Wildman–Crippen MR) is 84.9 cm³/mol. The van der Waals surface area contributed by atoms with Gasteiger partial charge in [-0.15, -0.1) is 0 Å². The number of para-hydroxylation sites is 2. The van der Waals surface area contributed by atoms with E-state index in [1.807, 2.05) is 31.2 Å². The Kier molecular flexibility index (Phi) is 4.06. The minimum absolute atomic E-state index is 0.160. The van der Waals surface area contributed by atoms with Crippen LogP contribution >= 0.6 is 11.8 Å². The fourth-order valence-corrected chi connectivity index (χ4v) is 2.70. The fraction of sp³-hybridized carbons (Fsp3) is 0.200. The first-order valence-electron chi connectivity index (χ1n) is 6.71. The Balaban J connectivity index is 1.68. The van der Waals surface area contributed by atoms with Crippen molar-refractivity contribution in [1.29, 1.82) is 0 Å². The third-order valence-electron chi connectivity index (χ3n) is 2.94. The second-order valence-corrected chi connectivity index (χ2v) is 5.73. The summed E-state index contributed by atoms with van der Waals surface area (Å²) in [6, 6.07) is 9.34. The summed E-state index contributed by atoms with van der Waals surface area (Å²) in [7, 11) is 0. The van der Waals surface area contributed by atoms with Crippen molar-refractivity contribution in [2.45, 2.75) is 18.9 Å². The monoisotopic (exact) mass is 314 g/mol. The molecule has 0 aliphatic heterocycles. The number of anilines is 1. The van der Waals surface area contributed by atoms with Crippen molar-refractivity contribution in [1.82, 2.24) is 15.1 Å². The lowest BCUT2D eigenvalue weighted by Crippen LogP contribution is -2.14. The van der Waals surface area contributed by atoms with Gasteiger partial charge in [0.2, 0.25) is 5.91 Å². The molecular formula is C15H14N4O2S. The first-order chi connectivity index (χ1) is 10.6. The zero-order valence-corrected chi connectivity index (χ0v) is 13.0. The first kappa shape index (κ1) is 14.5. The van der Waals surface area contributed by atoms with Gasteiger partial charge in [-0.1, -0.05) is 29.1 Å². The smallest absolute Gasteiger partial charge is 0.236 e. The molecule has 1 amide bonds. The standard InChI is InChI=1S/C15H14N4O2S/c1-9-7-13(19-21-9)18-14(20)8-22-15-10(2)16-11-5-3-4-6-12(11)17-15/h3-7H,8H2,1-2H3,(H,18,19,20). The SMILES string of the molecule is Cc1cc(NC(=O)CSc2nc3ccccc3nc2C)no1. The van der Waals surface area contributed by atoms with Crippen LogP contribution in [0.5, 0.6) is 0 Å². The molecule has 0 saturated heterocycles. The molecule has 0 bridgehead atoms. The van der Waals surface area contributed by atoms with E-state index in [1.54, 1.807) is 13.0 Å². The van der Waals surface area contributed by atoms with Crippen molar-refractivity contribution in [2.75, 3.05) is 11.1 Å². The molecule has 1 aromatic carbocycles. The quantitative estimate of drug-likeness (QED) is 0.746. The summed E-state index contributed by atoms with van der Waals surface area (Å²) in [6.07, 6.45) is 0. The van der Waals surface area contributed by atoms with E-state index in [2.05, 4.69) is 20.4 Å². The summed E-state index contributed by atoms with van der Waals surface area (Å²) < 4.78 is 4.90. The van der Waals surface area contributed by atoms with Gasteiger partial charge in [0, 0.05) is 6.07 Å². The van der Waals surface area contributed by atoms with Crippen LogP contribution in [0.25, 0.3) is 11.0 Å². The summed E-state index contributed by atoms with van der Waals surface area (Å²) in [6.45, 7) is 3.66. The van der Waals surface area contributed by atoms with Crippen LogP contribution in [-0.2, 0) is 4.79 Å². The van der Waals surface area contributed by atoms with E-state index >= 15 is 0 Å². The van der Waals surface area contributed by atoms with Crippen molar-refractivity contribution in [2.24, 2.45) is 0 Å². The molecule has 112 valence electrons. The molecule has 0 spiro atoms. The van der Waals surface area contributed by atoms with Crippen molar-refractivity contribution in [3.63, 3.8) is 0 Å². The van der Waals surface area contributed by atoms with Gasteiger partial charge in [-0.2, -0.15) is 0 Å². The summed E-state index contributed by atoms with van der Waals surface area (Å²) >= 11 is 1.35. The lowest BCUT2D eigenvalue weighted by molar-refractivity contribution is -0.113. The summed E-state index contributed by atoms with van der Waals surface area (Å²) in [5, 5.41) is 7.16. The maximum atomic E-state index is 11.9. The largest absolute Gasteiger partial charge is 0.360 e. The van der Waals surface area contributed by atoms with Crippen LogP contribution in [0.1, 0.15) is 11.5 Å². The maximum absolute atomic E-state index is 11.9. The number of nitrogens with zero attached hydrogens (tertiary/aromatic N) is 3. The van der Waals surface area contributed by atoms with Crippen LogP contribution in [0.4, 0.5) is 5.82 Å². The molecule has 22 heavy (non-hydrogen) atoms. The highest BCUT2D eigenvalue weighted by Crippen LogP contribution is 2.22. The molecule has 0 aliphatic rings. The molecule has 2 aromatic heterocycles. The molecule has 0 aliphatic carbocycles. The van der Waals surface area contributed by atoms with Gasteiger partial charge >= 0.3 is 0 Å². The first-order valence-corrected chi connectivity index (χ1v) is 7.70. The minimum atomic E-state index is -0.160. The number of fused-ring (bicyclic) bond motifs is 1. The molecule has 2 heterocycles. The molecule has 0 unspecified atom stereocenters. The summed E-state index contributed by atoms with van der Waals surface area (Å²) in [4.78, 5) is 21.0. The average Bonchev–Trinajstić information content (AvgIpc) is 2.90. The number of benzene rings is 1. The second kappa shape index (κ2) is 6.15. The maximum Gasteiger partial charge on any atom is 0.236 e. The van der Waals surface area contributed by atoms with Crippen LogP contribution < -0.4 is 5.32 Å². The van der Waals surface area contributed by atoms with E-state index in [0.717, 1.165) is 21.8 Å². The third-order valence-corrected chi connectivity index (χ3v) is 4.00. The molecule has 1 N–H and O–H groups in total. The second-order valence-electron chi connectivity index (χ2n) is 4.76. The lowest BCUT2D eigenvalue weighted by Gasteiger charge is -2.06. The zero-order chi connectivity index (χ0) is 15.5. The van der Waals surface area contributed by atoms with Crippen LogP contribution in [0, 0.1) is 13.8 Å². The van der Waals surface area contributed by atoms with E-state index in [9.17, 15) is 4.79 Å². The highest BCUT2D eigenvalue weighted by atomic mass is 32.2. The van der Waals surface area contributed by atoms with E-state index in [1.165, 1.54) is 11.8 Å². The Labute approximate surface area is 131 Å². The van der Waals surface area contributed by atoms with Crippen LogP contribution in [0.2, 0.25) is 0 Å². The number of amides is 1. The van der Waals surface area contributed by atoms with Gasteiger partial charge in [0.25, 0.3) is 0 Å². The fourth-order valence-electron chi connectivity index (χ4n) is 1.95. The highest BCUT2D eigenvalue weighted by Gasteiger charge is 2.10. The number of aromatic nitrogens is 3. The van der Waals surface area contributed by atoms with E-state index < -0.39 is 0 Å². The number of aryl methyl sites for hydroxylation is 2. The number of carbonyl (C=O) groups is 1. The summed E-state index contributed by atoms with van der Waals surface area (Å²) in [5.74, 6) is 1.15. The molecular weight excluding hydrogens is 300 g/mol. The minimum Gasteiger partial charge on any atom is -0.360 e. The van der Waals surface area contributed by atoms with Gasteiger partial charge in [0.05, 0.1) is 22.5 Å². The number of nitrogens with one attached hydrogen (secondary N) is 1. The Morgan fingerprint density at radius 3 is 2.64 bits per heavy atom. The van der Waals surface area contributed by atoms with Crippen molar-refractivity contribution >= 4 is 34.5 Å². The number of hydrogen-bond donors (Lipinski definition) is 1. The number of thioether (sulfide) groups is 1. The molecule has 7 heteroatoms. The van der Waals surface area contributed by atoms with E-state index in [4.69, 9.17) is 4.52 Å². The average molecular weight is 314 g/mol. The van der Waals surface area contributed by atoms with Gasteiger partial charge in [-0.25, -0.2) is 9.97 Å². The Morgan fingerprint density at radius 2 is 1.95 bits per heavy atom. The topological polar surface area (TPSA) is 80.9 Å². The van der Waals surface area contributed by atoms with Crippen molar-refractivity contribution in [3.05, 3.63) is 41.8 Å². The van der Waals surface area contributed by atoms with Crippen molar-refractivity contribution < 1.29 is 9.32 Å². The molecule has 0 saturated carbocycles. The van der Waals surface area contributed by atoms with Gasteiger partial charge in [-0.05, 0) is 26.0 Å². The molecule has 0 radical (unpaired) electrons. The van der Waals surface area contributed by atoms with Crippen LogP contribution in [0.15, 0.2) is 39.9 Å². The predicted octanol–water partition coefficient (Wildman–Crippen LogP) is 2.97. The lowest BCUT2D eigenvalue weighted by atomic mass is 10.3. The number of rotatable bonds is 4. The molecule has 0 fully saturated rings. The number of hydrogen-bond acceptors (Lipinski definition) is 6. The Morgan fingerprint density at radius 1 is 1.23 bits per heavy atom. The molecule has 3 rings (SSSR count). The van der Waals surface area contributed by atoms with Gasteiger partial charge in [0.15, 0.2) is 5.82 Å². The normalized spacial score (nSPS) is 10.8. The Hall–Kier alpha value is -2.41. The third kappa shape index (κ3) is 3.25. The molecule has 6 nitrogen and oxygen atoms in total. The number of carbonyl (C=O) groups excluding carboxylic acids is 1. The highest BCUT2D eigenvalue weighted by molar-refractivity contribution is 8.00. The van der Waals surface area contributed by atoms with Gasteiger partial charge in [0.1, 0.15) is 10.8 Å². The Bertz CT molecular complexity index is 831. The van der Waals surface area contributed by atoms with Crippen molar-refractivity contribution in [3.8, 4) is 0 Å². The zero-order valence-electron chi connectivity index (χ0n) is 12.2. The van der Waals surface area contributed by atoms with Crippen LogP contribution in [0.3, 0.4) is 0 Å². The molecule has 0 atom stereocenters. The van der Waals surface area contributed by atoms with Crippen LogP contribution in [-0.4, -0.2) is 26.8 Å².